The van der Waals surface area contributed by atoms with Crippen LogP contribution in [0, 0.1) is 11.6 Å². The summed E-state index contributed by atoms with van der Waals surface area (Å²) in [4.78, 5) is 37.0. The number of amides is 1. The van der Waals surface area contributed by atoms with Crippen LogP contribution in [-0.4, -0.2) is 46.3 Å². The van der Waals surface area contributed by atoms with Crippen molar-refractivity contribution < 1.29 is 27.8 Å². The van der Waals surface area contributed by atoms with Crippen LogP contribution in [0.25, 0.3) is 26.5 Å². The molecular formula is C38H31F2N5O5S. The summed E-state index contributed by atoms with van der Waals surface area (Å²) in [6.45, 7) is 2.61. The van der Waals surface area contributed by atoms with Crippen LogP contribution in [0.4, 0.5) is 14.5 Å². The molecule has 0 radical (unpaired) electrons. The number of carbonyl (C=O) groups is 1. The highest BCUT2D eigenvalue weighted by atomic mass is 32.1. The number of benzene rings is 2. The molecule has 2 N–H and O–H groups in total. The van der Waals surface area contributed by atoms with E-state index < -0.39 is 23.1 Å². The standard InChI is InChI=1S/C38H31F2N5O5S/c39-24-2-5-27(6-3-24)45-21-23-10-16-49-35(23)34(38(45)47)37(46)44-26-4-8-31(28(40)17-26)50-32-9-13-41-30-18-33(51-36(30)32)29-7-1-22(20-43-29)19-42-25-11-14-48-15-12-25/h1-9,13,17-18,20-21,25,42H,10-12,14-16,19H2,(H,44,46). The Labute approximate surface area is 294 Å². The molecule has 0 bridgehead atoms. The normalized spacial score (nSPS) is 14.3. The van der Waals surface area contributed by atoms with Gasteiger partial charge in [-0.05, 0) is 66.9 Å². The van der Waals surface area contributed by atoms with E-state index in [0.717, 1.165) is 59.5 Å². The number of hydrogen-bond acceptors (Lipinski definition) is 9. The first-order valence-electron chi connectivity index (χ1n) is 16.5. The summed E-state index contributed by atoms with van der Waals surface area (Å²) in [5.74, 6) is -1.39. The summed E-state index contributed by atoms with van der Waals surface area (Å²) in [6, 6.07) is 17.4. The van der Waals surface area contributed by atoms with Crippen molar-refractivity contribution in [3.63, 3.8) is 0 Å². The van der Waals surface area contributed by atoms with Gasteiger partial charge in [-0.15, -0.1) is 11.3 Å². The summed E-state index contributed by atoms with van der Waals surface area (Å²) in [5, 5.41) is 6.19. The van der Waals surface area contributed by atoms with Crippen molar-refractivity contribution in [1.82, 2.24) is 19.9 Å². The highest BCUT2D eigenvalue weighted by Gasteiger charge is 2.27. The Morgan fingerprint density at radius 3 is 2.61 bits per heavy atom. The first-order valence-corrected chi connectivity index (χ1v) is 17.3. The van der Waals surface area contributed by atoms with Crippen molar-refractivity contribution in [1.29, 1.82) is 0 Å². The molecule has 0 unspecified atom stereocenters. The van der Waals surface area contributed by atoms with Crippen LogP contribution in [0.5, 0.6) is 17.2 Å². The number of hydrogen-bond donors (Lipinski definition) is 2. The molecule has 51 heavy (non-hydrogen) atoms. The number of pyridine rings is 3. The summed E-state index contributed by atoms with van der Waals surface area (Å²) < 4.78 is 48.1. The molecule has 2 aliphatic rings. The van der Waals surface area contributed by atoms with E-state index in [1.54, 1.807) is 18.5 Å². The van der Waals surface area contributed by atoms with E-state index in [1.165, 1.54) is 52.3 Å². The topological polar surface area (TPSA) is 117 Å². The van der Waals surface area contributed by atoms with Crippen LogP contribution in [0.1, 0.15) is 34.3 Å². The molecule has 8 rings (SSSR count). The monoisotopic (exact) mass is 707 g/mol. The number of anilines is 1. The number of fused-ring (bicyclic) bond motifs is 2. The van der Waals surface area contributed by atoms with Crippen molar-refractivity contribution in [3.05, 3.63) is 124 Å². The Morgan fingerprint density at radius 2 is 1.82 bits per heavy atom. The molecular weight excluding hydrogens is 677 g/mol. The van der Waals surface area contributed by atoms with Gasteiger partial charge in [0.2, 0.25) is 0 Å². The minimum Gasteiger partial charge on any atom is -0.492 e. The Balaban J connectivity index is 0.985. The van der Waals surface area contributed by atoms with Gasteiger partial charge in [-0.2, -0.15) is 0 Å². The number of rotatable bonds is 9. The van der Waals surface area contributed by atoms with Crippen molar-refractivity contribution in [2.24, 2.45) is 0 Å². The molecule has 6 aromatic rings. The third-order valence-electron chi connectivity index (χ3n) is 8.86. The molecule has 13 heteroatoms. The van der Waals surface area contributed by atoms with Gasteiger partial charge >= 0.3 is 0 Å². The molecule has 4 aromatic heterocycles. The van der Waals surface area contributed by atoms with Crippen molar-refractivity contribution >= 4 is 33.1 Å². The SMILES string of the molecule is O=C(Nc1ccc(Oc2ccnc3cc(-c4ccc(CNC5CCOCC5)cn4)sc23)c(F)c1)c1c2c(cn(-c3ccc(F)cc3)c1=O)CCO2. The van der Waals surface area contributed by atoms with Crippen LogP contribution in [0.15, 0.2) is 90.1 Å². The molecule has 2 aromatic carbocycles. The van der Waals surface area contributed by atoms with Gasteiger partial charge in [-0.25, -0.2) is 8.78 Å². The second-order valence-corrected chi connectivity index (χ2v) is 13.3. The van der Waals surface area contributed by atoms with E-state index in [9.17, 15) is 14.0 Å². The second kappa shape index (κ2) is 14.0. The predicted molar refractivity (Wildman–Crippen MR) is 189 cm³/mol. The minimum absolute atomic E-state index is 0.0578. The molecule has 1 amide bonds. The zero-order valence-electron chi connectivity index (χ0n) is 27.2. The lowest BCUT2D eigenvalue weighted by atomic mass is 10.1. The van der Waals surface area contributed by atoms with Crippen LogP contribution >= 0.6 is 11.3 Å². The summed E-state index contributed by atoms with van der Waals surface area (Å²) >= 11 is 1.44. The molecule has 0 aliphatic carbocycles. The van der Waals surface area contributed by atoms with E-state index in [-0.39, 0.29) is 22.7 Å². The molecule has 1 saturated heterocycles. The second-order valence-electron chi connectivity index (χ2n) is 12.3. The Morgan fingerprint density at radius 1 is 0.980 bits per heavy atom. The quantitative estimate of drug-likeness (QED) is 0.165. The third kappa shape index (κ3) is 6.83. The van der Waals surface area contributed by atoms with Crippen LogP contribution in [-0.2, 0) is 17.7 Å². The lowest BCUT2D eigenvalue weighted by Crippen LogP contribution is -2.34. The first-order chi connectivity index (χ1) is 24.9. The van der Waals surface area contributed by atoms with Gasteiger partial charge in [0, 0.05) is 79.9 Å². The van der Waals surface area contributed by atoms with Gasteiger partial charge in [0.05, 0.1) is 27.4 Å². The van der Waals surface area contributed by atoms with Crippen molar-refractivity contribution in [2.45, 2.75) is 31.8 Å². The molecule has 6 heterocycles. The molecule has 258 valence electrons. The number of nitrogens with zero attached hydrogens (tertiary/aromatic N) is 3. The minimum atomic E-state index is -0.762. The van der Waals surface area contributed by atoms with Gasteiger partial charge in [-0.1, -0.05) is 6.07 Å². The fourth-order valence-corrected chi connectivity index (χ4v) is 7.23. The number of ether oxygens (including phenoxy) is 3. The van der Waals surface area contributed by atoms with Gasteiger partial charge in [0.1, 0.15) is 22.9 Å². The molecule has 0 saturated carbocycles. The number of thiophene rings is 1. The van der Waals surface area contributed by atoms with Crippen LogP contribution < -0.4 is 25.7 Å². The zero-order chi connectivity index (χ0) is 34.9. The number of halogens is 2. The van der Waals surface area contributed by atoms with E-state index in [4.69, 9.17) is 14.2 Å². The van der Waals surface area contributed by atoms with Crippen molar-refractivity contribution in [2.75, 3.05) is 25.1 Å². The molecule has 0 spiro atoms. The van der Waals surface area contributed by atoms with E-state index in [2.05, 4.69) is 26.7 Å². The molecule has 2 aliphatic heterocycles. The lowest BCUT2D eigenvalue weighted by Gasteiger charge is -2.23. The largest absolute Gasteiger partial charge is 0.492 e. The van der Waals surface area contributed by atoms with Gasteiger partial charge in [-0.3, -0.25) is 24.1 Å². The first kappa shape index (κ1) is 32.7. The predicted octanol–water partition coefficient (Wildman–Crippen LogP) is 7.04. The van der Waals surface area contributed by atoms with Gasteiger partial charge in [0.15, 0.2) is 11.6 Å². The Bertz CT molecular complexity index is 2300. The maximum Gasteiger partial charge on any atom is 0.271 e. The lowest BCUT2D eigenvalue weighted by molar-refractivity contribution is 0.0776. The summed E-state index contributed by atoms with van der Waals surface area (Å²) in [6.07, 6.45) is 7.55. The number of nitrogens with one attached hydrogen (secondary N) is 2. The smallest absolute Gasteiger partial charge is 0.271 e. The van der Waals surface area contributed by atoms with Crippen LogP contribution in [0.3, 0.4) is 0 Å². The average Bonchev–Trinajstić information content (AvgIpc) is 3.81. The van der Waals surface area contributed by atoms with Gasteiger partial charge in [0.25, 0.3) is 11.5 Å². The Kier molecular flexibility index (Phi) is 8.99. The average molecular weight is 708 g/mol. The van der Waals surface area contributed by atoms with Crippen LogP contribution in [0.2, 0.25) is 0 Å². The van der Waals surface area contributed by atoms with E-state index in [0.29, 0.717) is 41.6 Å². The highest BCUT2D eigenvalue weighted by Crippen LogP contribution is 2.39. The van der Waals surface area contributed by atoms with Crippen molar-refractivity contribution in [3.8, 4) is 33.5 Å². The highest BCUT2D eigenvalue weighted by molar-refractivity contribution is 7.22. The maximum atomic E-state index is 15.5. The fraction of sp³-hybridized carbons (Fsp3) is 0.211. The van der Waals surface area contributed by atoms with E-state index in [1.807, 2.05) is 18.3 Å². The van der Waals surface area contributed by atoms with E-state index >= 15 is 4.39 Å². The molecule has 0 atom stereocenters. The molecule has 10 nitrogen and oxygen atoms in total. The number of carbonyl (C=O) groups excluding carboxylic acids is 1. The summed E-state index contributed by atoms with van der Waals surface area (Å²) in [7, 11) is 0. The van der Waals surface area contributed by atoms with Gasteiger partial charge < -0.3 is 24.8 Å². The number of aromatic nitrogens is 3. The third-order valence-corrected chi connectivity index (χ3v) is 10.0. The molecule has 1 fully saturated rings. The fourth-order valence-electron chi connectivity index (χ4n) is 6.18. The maximum absolute atomic E-state index is 15.5. The zero-order valence-corrected chi connectivity index (χ0v) is 28.0. The summed E-state index contributed by atoms with van der Waals surface area (Å²) in [5.41, 5.74) is 2.87. The Hall–Kier alpha value is -5.50.